The fourth-order valence-corrected chi connectivity index (χ4v) is 7.67. The molecule has 4 aliphatic rings. The van der Waals surface area contributed by atoms with E-state index in [1.807, 2.05) is 0 Å². The SMILES string of the molecule is CC1C[C@@H]2[C@@H](CC[C@]3(C)CCC[C@@H]23)[C@@]2(C(O)(O)CC(=O)O)CCC(=O)C=C12. The quantitative estimate of drug-likeness (QED) is 0.657. The van der Waals surface area contributed by atoms with E-state index >= 15 is 0 Å². The van der Waals surface area contributed by atoms with Crippen LogP contribution in [0.25, 0.3) is 0 Å². The molecule has 0 amide bonds. The molecule has 3 fully saturated rings. The summed E-state index contributed by atoms with van der Waals surface area (Å²) < 4.78 is 0. The maximum Gasteiger partial charge on any atom is 0.308 e. The van der Waals surface area contributed by atoms with Gasteiger partial charge in [0.15, 0.2) is 11.6 Å². The number of hydrogen-bond acceptors (Lipinski definition) is 4. The lowest BCUT2D eigenvalue weighted by Gasteiger charge is -2.62. The van der Waals surface area contributed by atoms with Crippen molar-refractivity contribution in [3.63, 3.8) is 0 Å². The number of aliphatic hydroxyl groups is 2. The van der Waals surface area contributed by atoms with Crippen molar-refractivity contribution < 1.29 is 24.9 Å². The van der Waals surface area contributed by atoms with Gasteiger partial charge in [-0.1, -0.05) is 25.8 Å². The minimum atomic E-state index is -2.32. The Hall–Kier alpha value is -1.20. The highest BCUT2D eigenvalue weighted by Gasteiger charge is 2.66. The number of hydrogen-bond donors (Lipinski definition) is 3. The Morgan fingerprint density at radius 3 is 2.67 bits per heavy atom. The van der Waals surface area contributed by atoms with Crippen molar-refractivity contribution in [2.24, 2.45) is 34.5 Å². The molecule has 5 nitrogen and oxygen atoms in total. The summed E-state index contributed by atoms with van der Waals surface area (Å²) in [7, 11) is 0. The van der Waals surface area contributed by atoms with E-state index in [0.29, 0.717) is 23.7 Å². The number of carbonyl (C=O) groups excluding carboxylic acids is 1. The summed E-state index contributed by atoms with van der Waals surface area (Å²) in [6.45, 7) is 4.46. The van der Waals surface area contributed by atoms with Gasteiger partial charge >= 0.3 is 5.97 Å². The number of aliphatic carboxylic acids is 1. The molecule has 0 bridgehead atoms. The van der Waals surface area contributed by atoms with E-state index in [1.54, 1.807) is 6.08 Å². The van der Waals surface area contributed by atoms with Crippen molar-refractivity contribution in [3.05, 3.63) is 11.6 Å². The van der Waals surface area contributed by atoms with Gasteiger partial charge in [0, 0.05) is 11.8 Å². The second kappa shape index (κ2) is 6.15. The molecule has 0 aromatic carbocycles. The largest absolute Gasteiger partial charge is 0.481 e. The molecule has 0 aromatic heterocycles. The molecule has 0 saturated heterocycles. The standard InChI is InChI=1S/C22H32O5/c1-13-10-15-16-4-3-7-20(16,2)8-6-17(15)21(22(26,27)12-19(24)25)9-5-14(23)11-18(13)21/h11,13,15-17,26-27H,3-10,12H2,1-2H3,(H,24,25)/t13?,15-,16-,17+,20-,21-/m0/s1. The van der Waals surface area contributed by atoms with Crippen LogP contribution in [0.4, 0.5) is 0 Å². The molecular weight excluding hydrogens is 344 g/mol. The van der Waals surface area contributed by atoms with E-state index < -0.39 is 23.6 Å². The van der Waals surface area contributed by atoms with Gasteiger partial charge < -0.3 is 15.3 Å². The first-order valence-electron chi connectivity index (χ1n) is 10.5. The molecule has 4 rings (SSSR count). The van der Waals surface area contributed by atoms with Crippen LogP contribution in [-0.4, -0.2) is 32.9 Å². The molecule has 3 N–H and O–H groups in total. The fraction of sp³-hybridized carbons (Fsp3) is 0.818. The van der Waals surface area contributed by atoms with Crippen LogP contribution >= 0.6 is 0 Å². The lowest BCUT2D eigenvalue weighted by molar-refractivity contribution is -0.274. The molecule has 0 aromatic rings. The van der Waals surface area contributed by atoms with Crippen molar-refractivity contribution in [1.82, 2.24) is 0 Å². The Morgan fingerprint density at radius 2 is 1.96 bits per heavy atom. The zero-order chi connectivity index (χ0) is 19.6. The summed E-state index contributed by atoms with van der Waals surface area (Å²) in [4.78, 5) is 23.7. The van der Waals surface area contributed by atoms with Gasteiger partial charge in [0.05, 0.1) is 6.42 Å². The van der Waals surface area contributed by atoms with E-state index in [4.69, 9.17) is 0 Å². The van der Waals surface area contributed by atoms with Crippen LogP contribution in [0.3, 0.4) is 0 Å². The molecule has 27 heavy (non-hydrogen) atoms. The molecule has 3 saturated carbocycles. The van der Waals surface area contributed by atoms with E-state index in [2.05, 4.69) is 13.8 Å². The van der Waals surface area contributed by atoms with Gasteiger partial charge in [-0.05, 0) is 73.7 Å². The second-order valence-electron chi connectivity index (χ2n) is 10.0. The van der Waals surface area contributed by atoms with E-state index in [0.717, 1.165) is 24.8 Å². The number of rotatable bonds is 3. The molecule has 1 unspecified atom stereocenters. The summed E-state index contributed by atoms with van der Waals surface area (Å²) in [5, 5.41) is 31.7. The van der Waals surface area contributed by atoms with E-state index in [9.17, 15) is 24.9 Å². The number of carboxylic acids is 1. The topological polar surface area (TPSA) is 94.8 Å². The van der Waals surface area contributed by atoms with E-state index in [-0.39, 0.29) is 24.0 Å². The van der Waals surface area contributed by atoms with Crippen molar-refractivity contribution >= 4 is 11.8 Å². The van der Waals surface area contributed by atoms with Crippen molar-refractivity contribution in [2.75, 3.05) is 0 Å². The molecule has 6 atom stereocenters. The maximum atomic E-state index is 12.2. The van der Waals surface area contributed by atoms with Crippen molar-refractivity contribution in [3.8, 4) is 0 Å². The van der Waals surface area contributed by atoms with Gasteiger partial charge in [-0.3, -0.25) is 9.59 Å². The summed E-state index contributed by atoms with van der Waals surface area (Å²) in [5.41, 5.74) is 0.118. The molecule has 0 spiro atoms. The van der Waals surface area contributed by atoms with E-state index in [1.165, 1.54) is 19.3 Å². The number of fused-ring (bicyclic) bond motifs is 5. The number of ketones is 1. The molecule has 0 radical (unpaired) electrons. The maximum absolute atomic E-state index is 12.2. The third kappa shape index (κ3) is 2.65. The Bertz CT molecular complexity index is 695. The normalized spacial score (nSPS) is 44.1. The fourth-order valence-electron chi connectivity index (χ4n) is 7.67. The zero-order valence-corrected chi connectivity index (χ0v) is 16.4. The van der Waals surface area contributed by atoms with Crippen LogP contribution < -0.4 is 0 Å². The molecule has 150 valence electrons. The highest BCUT2D eigenvalue weighted by atomic mass is 16.5. The average molecular weight is 376 g/mol. The van der Waals surface area contributed by atoms with Crippen LogP contribution in [0.15, 0.2) is 11.6 Å². The van der Waals surface area contributed by atoms with Crippen LogP contribution in [0.5, 0.6) is 0 Å². The number of carboxylic acid groups (broad SMARTS) is 1. The van der Waals surface area contributed by atoms with Crippen molar-refractivity contribution in [1.29, 1.82) is 0 Å². The van der Waals surface area contributed by atoms with Crippen LogP contribution in [0.2, 0.25) is 0 Å². The van der Waals surface area contributed by atoms with Gasteiger partial charge in [0.1, 0.15) is 0 Å². The van der Waals surface area contributed by atoms with Gasteiger partial charge in [-0.15, -0.1) is 0 Å². The first kappa shape index (κ1) is 19.1. The van der Waals surface area contributed by atoms with Crippen LogP contribution in [0, 0.1) is 34.5 Å². The van der Waals surface area contributed by atoms with Crippen LogP contribution in [0.1, 0.15) is 71.6 Å². The Labute approximate surface area is 160 Å². The van der Waals surface area contributed by atoms with Gasteiger partial charge in [-0.25, -0.2) is 0 Å². The lowest BCUT2D eigenvalue weighted by atomic mass is 9.43. The molecular formula is C22H32O5. The first-order valence-corrected chi connectivity index (χ1v) is 10.5. The lowest BCUT2D eigenvalue weighted by Crippen LogP contribution is -2.63. The Morgan fingerprint density at radius 1 is 1.22 bits per heavy atom. The minimum absolute atomic E-state index is 0.0264. The van der Waals surface area contributed by atoms with Crippen molar-refractivity contribution in [2.45, 2.75) is 77.4 Å². The molecule has 0 aliphatic heterocycles. The number of carbonyl (C=O) groups is 2. The average Bonchev–Trinajstić information content (AvgIpc) is 2.96. The second-order valence-corrected chi connectivity index (χ2v) is 10.0. The summed E-state index contributed by atoms with van der Waals surface area (Å²) in [6, 6.07) is 0. The Kier molecular flexibility index (Phi) is 4.36. The molecule has 5 heteroatoms. The highest BCUT2D eigenvalue weighted by Crippen LogP contribution is 2.68. The molecule has 4 aliphatic carbocycles. The highest BCUT2D eigenvalue weighted by molar-refractivity contribution is 5.92. The van der Waals surface area contributed by atoms with Gasteiger partial charge in [-0.2, -0.15) is 0 Å². The smallest absolute Gasteiger partial charge is 0.308 e. The first-order chi connectivity index (χ1) is 12.6. The summed E-state index contributed by atoms with van der Waals surface area (Å²) in [5.74, 6) is -2.45. The predicted molar refractivity (Wildman–Crippen MR) is 99.6 cm³/mol. The zero-order valence-electron chi connectivity index (χ0n) is 16.4. The summed E-state index contributed by atoms with van der Waals surface area (Å²) >= 11 is 0. The third-order valence-electron chi connectivity index (χ3n) is 8.72. The monoisotopic (exact) mass is 376 g/mol. The molecule has 0 heterocycles. The minimum Gasteiger partial charge on any atom is -0.481 e. The Balaban J connectivity index is 1.84. The third-order valence-corrected chi connectivity index (χ3v) is 8.72. The van der Waals surface area contributed by atoms with Gasteiger partial charge in [0.25, 0.3) is 0 Å². The predicted octanol–water partition coefficient (Wildman–Crippen LogP) is 3.29. The van der Waals surface area contributed by atoms with Crippen LogP contribution in [-0.2, 0) is 9.59 Å². The summed E-state index contributed by atoms with van der Waals surface area (Å²) in [6.07, 6.45) is 8.10. The van der Waals surface area contributed by atoms with Gasteiger partial charge in [0.2, 0.25) is 0 Å².